The maximum absolute atomic E-state index is 11.1. The summed E-state index contributed by atoms with van der Waals surface area (Å²) in [5.74, 6) is 0.00694. The molecule has 72 valence electrons. The molecule has 2 N–H and O–H groups in total. The minimum atomic E-state index is -3.40. The molecule has 0 aromatic carbocycles. The normalized spacial score (nSPS) is 33.6. The molecule has 0 aromatic heterocycles. The number of nitrogens with two attached hydrogens (primary N) is 1. The van der Waals surface area contributed by atoms with E-state index in [4.69, 9.17) is 9.88 Å². The third kappa shape index (κ3) is 1.97. The Morgan fingerprint density at radius 1 is 1.25 bits per heavy atom. The average Bonchev–Trinajstić information content (AvgIpc) is 1.82. The summed E-state index contributed by atoms with van der Waals surface area (Å²) in [6, 6.07) is 0. The molecule has 1 aliphatic heterocycles. The number of ether oxygens (including phenoxy) is 1. The molecule has 0 unspecified atom stereocenters. The van der Waals surface area contributed by atoms with Gasteiger partial charge in [0.2, 0.25) is 10.0 Å². The summed E-state index contributed by atoms with van der Waals surface area (Å²) in [5, 5.41) is 4.67. The van der Waals surface area contributed by atoms with E-state index in [-0.39, 0.29) is 11.8 Å². The van der Waals surface area contributed by atoms with Gasteiger partial charge in [-0.1, -0.05) is 13.8 Å². The summed E-state index contributed by atoms with van der Waals surface area (Å²) < 4.78 is 27.5. The maximum Gasteiger partial charge on any atom is 0.212 e. The van der Waals surface area contributed by atoms with Crippen molar-refractivity contribution in [3.05, 3.63) is 0 Å². The predicted octanol–water partition coefficient (Wildman–Crippen LogP) is -0.0541. The van der Waals surface area contributed by atoms with Gasteiger partial charge in [-0.2, -0.15) is 0 Å². The summed E-state index contributed by atoms with van der Waals surface area (Å²) in [6.45, 7) is 4.69. The molecule has 2 atom stereocenters. The maximum atomic E-state index is 11.1. The fourth-order valence-electron chi connectivity index (χ4n) is 1.84. The number of primary sulfonamides is 1. The SMILES string of the molecule is C[C@@H]1COC[C@@H](C)C1S(N)(=O)=O. The van der Waals surface area contributed by atoms with Crippen molar-refractivity contribution < 1.29 is 13.2 Å². The number of hydrogen-bond donors (Lipinski definition) is 1. The van der Waals surface area contributed by atoms with E-state index in [0.717, 1.165) is 0 Å². The Kier molecular flexibility index (Phi) is 2.75. The van der Waals surface area contributed by atoms with Crippen LogP contribution in [-0.2, 0) is 14.8 Å². The number of sulfonamides is 1. The van der Waals surface area contributed by atoms with E-state index in [0.29, 0.717) is 13.2 Å². The molecule has 0 radical (unpaired) electrons. The van der Waals surface area contributed by atoms with Crippen LogP contribution in [0.5, 0.6) is 0 Å². The summed E-state index contributed by atoms with van der Waals surface area (Å²) >= 11 is 0. The van der Waals surface area contributed by atoms with Crippen LogP contribution < -0.4 is 5.14 Å². The summed E-state index contributed by atoms with van der Waals surface area (Å²) in [6.07, 6.45) is 0. The highest BCUT2D eigenvalue weighted by molar-refractivity contribution is 7.89. The first kappa shape index (κ1) is 9.95. The molecule has 1 fully saturated rings. The zero-order valence-electron chi connectivity index (χ0n) is 7.36. The van der Waals surface area contributed by atoms with Crippen LogP contribution in [0, 0.1) is 11.8 Å². The van der Waals surface area contributed by atoms with Gasteiger partial charge in [-0.3, -0.25) is 0 Å². The fraction of sp³-hybridized carbons (Fsp3) is 1.00. The summed E-state index contributed by atoms with van der Waals surface area (Å²) in [5.41, 5.74) is 0. The average molecular weight is 193 g/mol. The van der Waals surface area contributed by atoms with Crippen molar-refractivity contribution in [3.63, 3.8) is 0 Å². The third-order valence-electron chi connectivity index (χ3n) is 2.26. The molecule has 0 spiro atoms. The minimum Gasteiger partial charge on any atom is -0.381 e. The molecule has 1 rings (SSSR count). The van der Waals surface area contributed by atoms with Crippen molar-refractivity contribution in [2.75, 3.05) is 13.2 Å². The third-order valence-corrected chi connectivity index (χ3v) is 3.95. The zero-order valence-corrected chi connectivity index (χ0v) is 8.17. The van der Waals surface area contributed by atoms with Crippen molar-refractivity contribution in [1.29, 1.82) is 0 Å². The second-order valence-electron chi connectivity index (χ2n) is 3.55. The Morgan fingerprint density at radius 2 is 1.67 bits per heavy atom. The van der Waals surface area contributed by atoms with E-state index in [2.05, 4.69) is 0 Å². The Bertz CT molecular complexity index is 239. The first-order valence-electron chi connectivity index (χ1n) is 4.02. The molecule has 1 aliphatic rings. The monoisotopic (exact) mass is 193 g/mol. The van der Waals surface area contributed by atoms with Gasteiger partial charge in [0.15, 0.2) is 0 Å². The van der Waals surface area contributed by atoms with Crippen LogP contribution in [0.2, 0.25) is 0 Å². The van der Waals surface area contributed by atoms with Crippen LogP contribution >= 0.6 is 0 Å². The highest BCUT2D eigenvalue weighted by Gasteiger charge is 2.36. The van der Waals surface area contributed by atoms with Crippen molar-refractivity contribution in [1.82, 2.24) is 0 Å². The highest BCUT2D eigenvalue weighted by atomic mass is 32.2. The lowest BCUT2D eigenvalue weighted by Gasteiger charge is -2.32. The van der Waals surface area contributed by atoms with E-state index < -0.39 is 15.3 Å². The van der Waals surface area contributed by atoms with E-state index in [1.165, 1.54) is 0 Å². The molecular formula is C7H15NO3S. The van der Waals surface area contributed by atoms with Crippen LogP contribution in [0.3, 0.4) is 0 Å². The molecular weight excluding hydrogens is 178 g/mol. The molecule has 4 nitrogen and oxygen atoms in total. The van der Waals surface area contributed by atoms with Crippen molar-refractivity contribution in [2.24, 2.45) is 17.0 Å². The zero-order chi connectivity index (χ0) is 9.35. The molecule has 12 heavy (non-hydrogen) atoms. The van der Waals surface area contributed by atoms with Gasteiger partial charge in [0.05, 0.1) is 18.5 Å². The van der Waals surface area contributed by atoms with Crippen molar-refractivity contribution >= 4 is 10.0 Å². The fourth-order valence-corrected chi connectivity index (χ4v) is 3.29. The van der Waals surface area contributed by atoms with E-state index in [9.17, 15) is 8.42 Å². The van der Waals surface area contributed by atoms with Gasteiger partial charge in [0, 0.05) is 0 Å². The predicted molar refractivity (Wildman–Crippen MR) is 46.0 cm³/mol. The van der Waals surface area contributed by atoms with Gasteiger partial charge in [-0.25, -0.2) is 13.6 Å². The molecule has 1 heterocycles. The standard InChI is InChI=1S/C7H15NO3S/c1-5-3-11-4-6(2)7(5)12(8,9)10/h5-7H,3-4H2,1-2H3,(H2,8,9,10)/t5-,6-/m1/s1. The van der Waals surface area contributed by atoms with Gasteiger partial charge in [0.25, 0.3) is 0 Å². The summed E-state index contributed by atoms with van der Waals surface area (Å²) in [7, 11) is -3.40. The summed E-state index contributed by atoms with van der Waals surface area (Å²) in [4.78, 5) is 0. The lowest BCUT2D eigenvalue weighted by Crippen LogP contribution is -2.45. The molecule has 0 amide bonds. The van der Waals surface area contributed by atoms with E-state index in [1.54, 1.807) is 0 Å². The Labute approximate surface area is 73.1 Å². The topological polar surface area (TPSA) is 69.4 Å². The lowest BCUT2D eigenvalue weighted by atomic mass is 9.95. The van der Waals surface area contributed by atoms with Crippen LogP contribution in [0.1, 0.15) is 13.8 Å². The van der Waals surface area contributed by atoms with Crippen molar-refractivity contribution in [2.45, 2.75) is 19.1 Å². The smallest absolute Gasteiger partial charge is 0.212 e. The minimum absolute atomic E-state index is 0.00347. The van der Waals surface area contributed by atoms with Crippen LogP contribution in [-0.4, -0.2) is 26.9 Å². The molecule has 1 saturated heterocycles. The second-order valence-corrected chi connectivity index (χ2v) is 5.27. The van der Waals surface area contributed by atoms with Crippen LogP contribution in [0.4, 0.5) is 0 Å². The van der Waals surface area contributed by atoms with Crippen LogP contribution in [0.15, 0.2) is 0 Å². The van der Waals surface area contributed by atoms with Crippen LogP contribution in [0.25, 0.3) is 0 Å². The molecule has 0 aromatic rings. The Hall–Kier alpha value is -0.130. The first-order valence-corrected chi connectivity index (χ1v) is 5.63. The largest absolute Gasteiger partial charge is 0.381 e. The Balaban J connectivity index is 2.84. The quantitative estimate of drug-likeness (QED) is 0.634. The first-order chi connectivity index (χ1) is 5.43. The van der Waals surface area contributed by atoms with Gasteiger partial charge in [0.1, 0.15) is 0 Å². The number of rotatable bonds is 1. The van der Waals surface area contributed by atoms with Gasteiger partial charge in [-0.15, -0.1) is 0 Å². The van der Waals surface area contributed by atoms with E-state index >= 15 is 0 Å². The lowest BCUT2D eigenvalue weighted by molar-refractivity contribution is 0.0302. The number of hydrogen-bond acceptors (Lipinski definition) is 3. The van der Waals surface area contributed by atoms with Gasteiger partial charge < -0.3 is 4.74 Å². The van der Waals surface area contributed by atoms with Crippen molar-refractivity contribution in [3.8, 4) is 0 Å². The highest BCUT2D eigenvalue weighted by Crippen LogP contribution is 2.24. The molecule has 0 aliphatic carbocycles. The Morgan fingerprint density at radius 3 is 1.92 bits per heavy atom. The molecule has 5 heteroatoms. The second kappa shape index (κ2) is 3.32. The van der Waals surface area contributed by atoms with Gasteiger partial charge >= 0.3 is 0 Å². The molecule has 0 bridgehead atoms. The molecule has 0 saturated carbocycles. The van der Waals surface area contributed by atoms with E-state index in [1.807, 2.05) is 13.8 Å². The van der Waals surface area contributed by atoms with Gasteiger partial charge in [-0.05, 0) is 11.8 Å².